The third kappa shape index (κ3) is 2.18. The van der Waals surface area contributed by atoms with Gasteiger partial charge in [0, 0.05) is 0 Å². The van der Waals surface area contributed by atoms with Crippen LogP contribution in [0.2, 0.25) is 0 Å². The molecule has 0 heterocycles. The Bertz CT molecular complexity index is 559. The highest BCUT2D eigenvalue weighted by Gasteiger charge is 2.55. The minimum absolute atomic E-state index is 0.418. The van der Waals surface area contributed by atoms with Crippen LogP contribution in [0.1, 0.15) is 35.8 Å². The van der Waals surface area contributed by atoms with Crippen molar-refractivity contribution in [2.45, 2.75) is 36.9 Å². The van der Waals surface area contributed by atoms with Crippen molar-refractivity contribution in [3.63, 3.8) is 0 Å². The number of hydrogen-bond donors (Lipinski definition) is 2. The summed E-state index contributed by atoms with van der Waals surface area (Å²) >= 11 is 0. The van der Waals surface area contributed by atoms with Gasteiger partial charge in [-0.25, -0.2) is 0 Å². The second-order valence-corrected chi connectivity index (χ2v) is 6.81. The second kappa shape index (κ2) is 5.53. The van der Waals surface area contributed by atoms with E-state index in [1.807, 2.05) is 12.1 Å². The highest BCUT2D eigenvalue weighted by molar-refractivity contribution is 5.34. The first-order valence-corrected chi connectivity index (χ1v) is 8.21. The van der Waals surface area contributed by atoms with Crippen LogP contribution in [0.25, 0.3) is 0 Å². The fraction of sp³-hybridized carbons (Fsp3) is 0.400. The van der Waals surface area contributed by atoms with Gasteiger partial charge >= 0.3 is 0 Å². The van der Waals surface area contributed by atoms with Gasteiger partial charge in [-0.15, -0.1) is 0 Å². The highest BCUT2D eigenvalue weighted by atomic mass is 16.3. The third-order valence-corrected chi connectivity index (χ3v) is 5.69. The molecule has 0 aliphatic heterocycles. The van der Waals surface area contributed by atoms with Crippen molar-refractivity contribution in [3.05, 3.63) is 71.8 Å². The Balaban J connectivity index is 1.71. The lowest BCUT2D eigenvalue weighted by atomic mass is 9.52. The number of rotatable bonds is 2. The number of benzene rings is 2. The van der Waals surface area contributed by atoms with E-state index in [4.69, 9.17) is 0 Å². The highest BCUT2D eigenvalue weighted by Crippen LogP contribution is 2.62. The predicted molar refractivity (Wildman–Crippen MR) is 86.6 cm³/mol. The SMILES string of the molecule is O[C@@H]1CC2C(c3ccccc3)C(C[C@@H]1O)C2c1ccccc1. The van der Waals surface area contributed by atoms with E-state index in [9.17, 15) is 10.2 Å². The molecule has 3 aliphatic rings. The Labute approximate surface area is 131 Å². The lowest BCUT2D eigenvalue weighted by Gasteiger charge is -2.52. The molecule has 114 valence electrons. The van der Waals surface area contributed by atoms with Crippen LogP contribution in [-0.4, -0.2) is 22.4 Å². The molecule has 3 fully saturated rings. The molecule has 2 heteroatoms. The average molecular weight is 294 g/mol. The van der Waals surface area contributed by atoms with E-state index in [1.54, 1.807) is 0 Å². The topological polar surface area (TPSA) is 40.5 Å². The number of aliphatic hydroxyl groups is 2. The summed E-state index contributed by atoms with van der Waals surface area (Å²) < 4.78 is 0. The van der Waals surface area contributed by atoms with E-state index in [2.05, 4.69) is 48.5 Å². The lowest BCUT2D eigenvalue weighted by molar-refractivity contribution is 0.0148. The Morgan fingerprint density at radius 1 is 0.591 bits per heavy atom. The molecule has 3 aliphatic carbocycles. The Kier molecular flexibility index (Phi) is 3.51. The minimum atomic E-state index is -0.588. The zero-order chi connectivity index (χ0) is 15.1. The van der Waals surface area contributed by atoms with Crippen LogP contribution in [0.15, 0.2) is 60.7 Å². The quantitative estimate of drug-likeness (QED) is 0.892. The normalized spacial score (nSPS) is 37.2. The number of aliphatic hydroxyl groups excluding tert-OH is 2. The smallest absolute Gasteiger partial charge is 0.0802 e. The average Bonchev–Trinajstić information content (AvgIpc) is 2.75. The van der Waals surface area contributed by atoms with Gasteiger partial charge in [-0.2, -0.15) is 0 Å². The van der Waals surface area contributed by atoms with Gasteiger partial charge in [0.1, 0.15) is 0 Å². The molecule has 0 amide bonds. The predicted octanol–water partition coefficient (Wildman–Crippen LogP) is 3.32. The summed E-state index contributed by atoms with van der Waals surface area (Å²) in [5.74, 6) is 1.75. The zero-order valence-electron chi connectivity index (χ0n) is 12.5. The van der Waals surface area contributed by atoms with E-state index in [-0.39, 0.29) is 0 Å². The van der Waals surface area contributed by atoms with Crippen molar-refractivity contribution >= 4 is 0 Å². The fourth-order valence-electron chi connectivity index (χ4n) is 4.73. The standard InChI is InChI=1S/C20H22O2/c21-17-11-15-19(13-7-3-1-4-8-13)16(12-18(17)22)20(15)14-9-5-2-6-10-14/h1-10,15-22H,11-12H2/t15?,16?,17-,18+,19?,20?. The van der Waals surface area contributed by atoms with Crippen LogP contribution in [-0.2, 0) is 0 Å². The molecule has 2 nitrogen and oxygen atoms in total. The third-order valence-electron chi connectivity index (χ3n) is 5.69. The molecule has 0 saturated heterocycles. The summed E-state index contributed by atoms with van der Waals surface area (Å²) in [6.07, 6.45) is 0.206. The molecule has 4 atom stereocenters. The molecule has 2 unspecified atom stereocenters. The molecule has 0 aromatic heterocycles. The molecular weight excluding hydrogens is 272 g/mol. The summed E-state index contributed by atoms with van der Waals surface area (Å²) in [5, 5.41) is 20.5. The Hall–Kier alpha value is -1.64. The number of hydrogen-bond acceptors (Lipinski definition) is 2. The van der Waals surface area contributed by atoms with Gasteiger partial charge in [-0.05, 0) is 47.6 Å². The van der Waals surface area contributed by atoms with Gasteiger partial charge in [0.2, 0.25) is 0 Å². The summed E-state index contributed by atoms with van der Waals surface area (Å²) in [4.78, 5) is 0. The molecular formula is C20H22O2. The maximum absolute atomic E-state index is 10.2. The molecule has 22 heavy (non-hydrogen) atoms. The largest absolute Gasteiger partial charge is 0.390 e. The zero-order valence-corrected chi connectivity index (χ0v) is 12.5. The van der Waals surface area contributed by atoms with Gasteiger partial charge in [-0.3, -0.25) is 0 Å². The molecule has 0 radical (unpaired) electrons. The van der Waals surface area contributed by atoms with Crippen LogP contribution < -0.4 is 0 Å². The van der Waals surface area contributed by atoms with Crippen molar-refractivity contribution < 1.29 is 10.2 Å². The summed E-state index contributed by atoms with van der Waals surface area (Å²) in [6, 6.07) is 21.2. The van der Waals surface area contributed by atoms with Crippen LogP contribution in [0, 0.1) is 11.8 Å². The molecule has 5 rings (SSSR count). The maximum atomic E-state index is 10.2. The van der Waals surface area contributed by atoms with Crippen LogP contribution in [0.5, 0.6) is 0 Å². The maximum Gasteiger partial charge on any atom is 0.0802 e. The van der Waals surface area contributed by atoms with E-state index in [0.29, 0.717) is 36.5 Å². The van der Waals surface area contributed by atoms with Crippen LogP contribution >= 0.6 is 0 Å². The lowest BCUT2D eigenvalue weighted by Crippen LogP contribution is -2.42. The summed E-state index contributed by atoms with van der Waals surface area (Å²) in [5.41, 5.74) is 2.71. The van der Waals surface area contributed by atoms with Gasteiger partial charge in [0.15, 0.2) is 0 Å². The van der Waals surface area contributed by atoms with Gasteiger partial charge in [0.05, 0.1) is 12.2 Å². The molecule has 2 bridgehead atoms. The van der Waals surface area contributed by atoms with Crippen LogP contribution in [0.4, 0.5) is 0 Å². The fourth-order valence-corrected chi connectivity index (χ4v) is 4.73. The summed E-state index contributed by atoms with van der Waals surface area (Å²) in [6.45, 7) is 0. The van der Waals surface area contributed by atoms with Crippen molar-refractivity contribution in [3.8, 4) is 0 Å². The van der Waals surface area contributed by atoms with Gasteiger partial charge in [-0.1, -0.05) is 60.7 Å². The van der Waals surface area contributed by atoms with Crippen LogP contribution in [0.3, 0.4) is 0 Å². The van der Waals surface area contributed by atoms with E-state index in [1.165, 1.54) is 11.1 Å². The molecule has 3 saturated carbocycles. The first-order chi connectivity index (χ1) is 10.8. The van der Waals surface area contributed by atoms with E-state index < -0.39 is 12.2 Å². The first kappa shape index (κ1) is 14.0. The Morgan fingerprint density at radius 3 is 1.32 bits per heavy atom. The van der Waals surface area contributed by atoms with Crippen molar-refractivity contribution in [2.75, 3.05) is 0 Å². The molecule has 0 spiro atoms. The van der Waals surface area contributed by atoms with E-state index in [0.717, 1.165) is 0 Å². The molecule has 2 aromatic carbocycles. The summed E-state index contributed by atoms with van der Waals surface area (Å²) in [7, 11) is 0. The number of fused-ring (bicyclic) bond motifs is 3. The minimum Gasteiger partial charge on any atom is -0.390 e. The van der Waals surface area contributed by atoms with E-state index >= 15 is 0 Å². The van der Waals surface area contributed by atoms with Gasteiger partial charge in [0.25, 0.3) is 0 Å². The molecule has 2 N–H and O–H groups in total. The Morgan fingerprint density at radius 2 is 0.955 bits per heavy atom. The van der Waals surface area contributed by atoms with Crippen molar-refractivity contribution in [2.24, 2.45) is 11.8 Å². The monoisotopic (exact) mass is 294 g/mol. The van der Waals surface area contributed by atoms with Crippen molar-refractivity contribution in [1.82, 2.24) is 0 Å². The first-order valence-electron chi connectivity index (χ1n) is 8.21. The van der Waals surface area contributed by atoms with Gasteiger partial charge < -0.3 is 10.2 Å². The second-order valence-electron chi connectivity index (χ2n) is 6.81. The molecule has 2 aromatic rings. The van der Waals surface area contributed by atoms with Crippen molar-refractivity contribution in [1.29, 1.82) is 0 Å².